The van der Waals surface area contributed by atoms with Crippen LogP contribution in [-0.4, -0.2) is 26.5 Å². The summed E-state index contributed by atoms with van der Waals surface area (Å²) in [6.07, 6.45) is 1.43. The van der Waals surface area contributed by atoms with E-state index in [1.54, 1.807) is 0 Å². The van der Waals surface area contributed by atoms with Crippen molar-refractivity contribution < 1.29 is 9.90 Å². The number of fused-ring (bicyclic) bond motifs is 3. The van der Waals surface area contributed by atoms with Gasteiger partial charge in [0.05, 0.1) is 11.6 Å². The molecule has 1 N–H and O–H groups in total. The summed E-state index contributed by atoms with van der Waals surface area (Å²) in [6, 6.07) is 0.741. The molecule has 72 valence electrons. The molecule has 0 radical (unpaired) electrons. The number of aromatic nitrogens is 3. The molecule has 2 aromatic rings. The third kappa shape index (κ3) is 0.997. The van der Waals surface area contributed by atoms with Gasteiger partial charge in [-0.1, -0.05) is 0 Å². The van der Waals surface area contributed by atoms with Gasteiger partial charge in [-0.15, -0.1) is 10.2 Å². The van der Waals surface area contributed by atoms with E-state index < -0.39 is 6.03 Å². The smallest absolute Gasteiger partial charge is 0.368 e. The van der Waals surface area contributed by atoms with E-state index in [1.807, 2.05) is 0 Å². The van der Waals surface area contributed by atoms with Gasteiger partial charge in [-0.25, -0.2) is 4.79 Å². The van der Waals surface area contributed by atoms with Crippen LogP contribution >= 0.6 is 0 Å². The Bertz CT molecular complexity index is 709. The first-order valence-electron chi connectivity index (χ1n) is 4.07. The highest BCUT2D eigenvalue weighted by atomic mass is 16.3. The van der Waals surface area contributed by atoms with Gasteiger partial charge in [0.25, 0.3) is 0 Å². The van der Waals surface area contributed by atoms with Crippen molar-refractivity contribution >= 4 is 16.9 Å². The standard InChI is InChI=1S/C8H3N5O2/c14-5-1-4-3(2-9-13-12-4)6-7(5)11-8(15)10-6/h1-2,14H. The lowest BCUT2D eigenvalue weighted by Gasteiger charge is -1.94. The summed E-state index contributed by atoms with van der Waals surface area (Å²) >= 11 is 0. The van der Waals surface area contributed by atoms with Crippen LogP contribution in [0.1, 0.15) is 0 Å². The first-order chi connectivity index (χ1) is 7.25. The van der Waals surface area contributed by atoms with E-state index in [-0.39, 0.29) is 11.1 Å². The number of aromatic hydroxyl groups is 1. The van der Waals surface area contributed by atoms with Crippen molar-refractivity contribution in [2.24, 2.45) is 9.98 Å². The summed E-state index contributed by atoms with van der Waals surface area (Å²) in [7, 11) is 0. The molecule has 2 heterocycles. The highest BCUT2D eigenvalue weighted by Gasteiger charge is 2.13. The molecule has 0 saturated heterocycles. The second-order valence-corrected chi connectivity index (χ2v) is 2.97. The number of nitrogens with zero attached hydrogens (tertiary/aromatic N) is 5. The summed E-state index contributed by atoms with van der Waals surface area (Å²) in [6.45, 7) is 0. The van der Waals surface area contributed by atoms with E-state index in [0.717, 1.165) is 0 Å². The number of amides is 2. The first kappa shape index (κ1) is 7.92. The molecule has 7 heteroatoms. The fraction of sp³-hybridized carbons (Fsp3) is 0. The number of hydrogen-bond acceptors (Lipinski definition) is 5. The average Bonchev–Trinajstić information content (AvgIpc) is 2.61. The lowest BCUT2D eigenvalue weighted by molar-refractivity contribution is 0.256. The largest absolute Gasteiger partial charge is 0.506 e. The Labute approximate surface area is 81.8 Å². The molecule has 0 saturated carbocycles. The number of carbonyl (C=O) groups excluding carboxylic acids is 1. The molecule has 0 aliphatic carbocycles. The predicted octanol–water partition coefficient (Wildman–Crippen LogP) is -0.897. The SMILES string of the molecule is O=C1N=c2c(O)cc3nnncc3c2=N1. The molecule has 1 aromatic heterocycles. The Hall–Kier alpha value is -2.44. The Morgan fingerprint density at radius 1 is 1.20 bits per heavy atom. The fourth-order valence-electron chi connectivity index (χ4n) is 1.45. The normalized spacial score (nSPS) is 13.5. The number of hydrogen-bond donors (Lipinski definition) is 1. The highest BCUT2D eigenvalue weighted by Crippen LogP contribution is 2.09. The van der Waals surface area contributed by atoms with Crippen LogP contribution in [0.5, 0.6) is 5.75 Å². The van der Waals surface area contributed by atoms with Crippen molar-refractivity contribution in [3.63, 3.8) is 0 Å². The van der Waals surface area contributed by atoms with Crippen LogP contribution in [0.15, 0.2) is 22.2 Å². The van der Waals surface area contributed by atoms with Crippen LogP contribution in [0, 0.1) is 0 Å². The van der Waals surface area contributed by atoms with E-state index in [2.05, 4.69) is 25.4 Å². The molecule has 0 bridgehead atoms. The Morgan fingerprint density at radius 2 is 2.00 bits per heavy atom. The van der Waals surface area contributed by atoms with Crippen LogP contribution in [0.4, 0.5) is 4.79 Å². The molecule has 7 nitrogen and oxygen atoms in total. The van der Waals surface area contributed by atoms with Crippen LogP contribution in [0.25, 0.3) is 10.9 Å². The maximum atomic E-state index is 11.0. The molecule has 2 amide bonds. The second kappa shape index (κ2) is 2.53. The molecule has 1 aromatic carbocycles. The molecule has 15 heavy (non-hydrogen) atoms. The predicted molar refractivity (Wildman–Crippen MR) is 46.7 cm³/mol. The maximum absolute atomic E-state index is 11.0. The van der Waals surface area contributed by atoms with Gasteiger partial charge in [-0.3, -0.25) is 0 Å². The molecule has 0 spiro atoms. The molecule has 1 aliphatic heterocycles. The topological polar surface area (TPSA) is 101 Å². The summed E-state index contributed by atoms with van der Waals surface area (Å²) in [5, 5.41) is 21.3. The van der Waals surface area contributed by atoms with E-state index in [4.69, 9.17) is 0 Å². The number of urea groups is 1. The van der Waals surface area contributed by atoms with E-state index in [0.29, 0.717) is 16.3 Å². The lowest BCUT2D eigenvalue weighted by Crippen LogP contribution is -2.23. The van der Waals surface area contributed by atoms with Crippen LogP contribution in [0.3, 0.4) is 0 Å². The van der Waals surface area contributed by atoms with Crippen molar-refractivity contribution in [3.8, 4) is 5.75 Å². The zero-order valence-corrected chi connectivity index (χ0v) is 7.25. The highest BCUT2D eigenvalue weighted by molar-refractivity contribution is 5.84. The van der Waals surface area contributed by atoms with Gasteiger partial charge in [0, 0.05) is 6.07 Å². The van der Waals surface area contributed by atoms with Gasteiger partial charge >= 0.3 is 6.03 Å². The first-order valence-corrected chi connectivity index (χ1v) is 4.07. The summed E-state index contributed by atoms with van der Waals surface area (Å²) < 4.78 is 0. The van der Waals surface area contributed by atoms with Gasteiger partial charge in [0.1, 0.15) is 22.0 Å². The van der Waals surface area contributed by atoms with Gasteiger partial charge in [-0.05, 0) is 5.21 Å². The molecular weight excluding hydrogens is 198 g/mol. The Kier molecular flexibility index (Phi) is 1.34. The number of phenolic OH excluding ortho intramolecular Hbond substituents is 1. The number of phenols is 1. The molecule has 0 fully saturated rings. The molecular formula is C8H3N5O2. The minimum absolute atomic E-state index is 0.132. The van der Waals surface area contributed by atoms with Crippen molar-refractivity contribution in [3.05, 3.63) is 23.0 Å². The lowest BCUT2D eigenvalue weighted by atomic mass is 10.2. The third-order valence-electron chi connectivity index (χ3n) is 2.08. The molecule has 0 atom stereocenters. The monoisotopic (exact) mass is 201 g/mol. The van der Waals surface area contributed by atoms with Gasteiger partial charge in [-0.2, -0.15) is 9.98 Å². The third-order valence-corrected chi connectivity index (χ3v) is 2.08. The number of carbonyl (C=O) groups is 1. The number of benzene rings is 1. The molecule has 1 aliphatic rings. The Balaban J connectivity index is 2.67. The minimum atomic E-state index is -0.635. The van der Waals surface area contributed by atoms with Gasteiger partial charge < -0.3 is 5.11 Å². The fourth-order valence-corrected chi connectivity index (χ4v) is 1.45. The molecule has 3 rings (SSSR count). The van der Waals surface area contributed by atoms with E-state index in [1.165, 1.54) is 12.3 Å². The van der Waals surface area contributed by atoms with Crippen LogP contribution in [0.2, 0.25) is 0 Å². The van der Waals surface area contributed by atoms with Crippen molar-refractivity contribution in [1.29, 1.82) is 0 Å². The summed E-state index contributed by atoms with van der Waals surface area (Å²) in [5.74, 6) is -0.132. The van der Waals surface area contributed by atoms with Crippen LogP contribution in [-0.2, 0) is 0 Å². The van der Waals surface area contributed by atoms with Crippen molar-refractivity contribution in [2.45, 2.75) is 0 Å². The number of rotatable bonds is 0. The van der Waals surface area contributed by atoms with Crippen molar-refractivity contribution in [2.75, 3.05) is 0 Å². The second-order valence-electron chi connectivity index (χ2n) is 2.97. The maximum Gasteiger partial charge on any atom is 0.368 e. The average molecular weight is 201 g/mol. The minimum Gasteiger partial charge on any atom is -0.506 e. The summed E-state index contributed by atoms with van der Waals surface area (Å²) in [5.41, 5.74) is 0.426. The van der Waals surface area contributed by atoms with Crippen molar-refractivity contribution in [1.82, 2.24) is 15.4 Å². The van der Waals surface area contributed by atoms with Crippen LogP contribution < -0.4 is 10.7 Å². The zero-order valence-electron chi connectivity index (χ0n) is 7.25. The van der Waals surface area contributed by atoms with Gasteiger partial charge in [0.2, 0.25) is 0 Å². The van der Waals surface area contributed by atoms with Gasteiger partial charge in [0.15, 0.2) is 0 Å². The zero-order chi connectivity index (χ0) is 10.4. The summed E-state index contributed by atoms with van der Waals surface area (Å²) in [4.78, 5) is 18.2. The van der Waals surface area contributed by atoms with E-state index in [9.17, 15) is 9.90 Å². The Morgan fingerprint density at radius 3 is 2.87 bits per heavy atom. The van der Waals surface area contributed by atoms with E-state index >= 15 is 0 Å². The molecule has 0 unspecified atom stereocenters. The quantitative estimate of drug-likeness (QED) is 0.595.